The number of aromatic nitrogens is 1. The van der Waals surface area contributed by atoms with Crippen LogP contribution in [0.15, 0.2) is 49.0 Å². The summed E-state index contributed by atoms with van der Waals surface area (Å²) in [7, 11) is 0. The molecule has 4 heteroatoms. The number of fused-ring (bicyclic) bond motifs is 1. The molecule has 0 aliphatic carbocycles. The second kappa shape index (κ2) is 6.69. The molecule has 0 saturated carbocycles. The Morgan fingerprint density at radius 2 is 1.91 bits per heavy atom. The lowest BCUT2D eigenvalue weighted by molar-refractivity contribution is 0.825. The van der Waals surface area contributed by atoms with Crippen LogP contribution in [-0.2, 0) is 0 Å². The molecule has 3 rings (SSSR count). The number of aromatic amines is 1. The van der Waals surface area contributed by atoms with Crippen molar-refractivity contribution in [3.63, 3.8) is 0 Å². The fraction of sp³-hybridized carbons (Fsp3) is 0.158. The van der Waals surface area contributed by atoms with E-state index in [0.29, 0.717) is 10.0 Å². The van der Waals surface area contributed by atoms with Crippen LogP contribution in [-0.4, -0.2) is 11.5 Å². The monoisotopic (exact) mass is 344 g/mol. The zero-order valence-electron chi connectivity index (χ0n) is 12.9. The van der Waals surface area contributed by atoms with E-state index in [4.69, 9.17) is 23.2 Å². The molecule has 3 aromatic rings. The number of rotatable bonds is 5. The molecule has 118 valence electrons. The van der Waals surface area contributed by atoms with Crippen molar-refractivity contribution < 1.29 is 0 Å². The van der Waals surface area contributed by atoms with Crippen molar-refractivity contribution in [2.45, 2.75) is 13.3 Å². The molecule has 2 nitrogen and oxygen atoms in total. The molecule has 1 heterocycles. The van der Waals surface area contributed by atoms with E-state index >= 15 is 0 Å². The Morgan fingerprint density at radius 1 is 1.17 bits per heavy atom. The van der Waals surface area contributed by atoms with Gasteiger partial charge >= 0.3 is 0 Å². The molecule has 0 spiro atoms. The Bertz CT molecular complexity index is 851. The third-order valence-corrected chi connectivity index (χ3v) is 4.29. The molecule has 23 heavy (non-hydrogen) atoms. The van der Waals surface area contributed by atoms with Gasteiger partial charge < -0.3 is 10.3 Å². The Labute approximate surface area is 146 Å². The summed E-state index contributed by atoms with van der Waals surface area (Å²) in [6.07, 6.45) is 1.03. The molecule has 2 aromatic carbocycles. The standard InChI is InChI=1S/C19H18Cl2N2/c1-3-9-22-12(2)17-15-10-14(20)11-16(21)19(15)23-18(17)13-7-5-4-6-8-13/h4-8,10-11,22-23H,2-3,9H2,1H3. The van der Waals surface area contributed by atoms with Gasteiger partial charge in [-0.3, -0.25) is 0 Å². The van der Waals surface area contributed by atoms with Crippen molar-refractivity contribution in [1.82, 2.24) is 10.3 Å². The van der Waals surface area contributed by atoms with Gasteiger partial charge in [-0.25, -0.2) is 0 Å². The van der Waals surface area contributed by atoms with E-state index in [2.05, 4.69) is 35.9 Å². The Balaban J connectivity index is 2.26. The molecule has 0 fully saturated rings. The van der Waals surface area contributed by atoms with Crippen LogP contribution in [0.25, 0.3) is 27.9 Å². The number of H-pyrrole nitrogens is 1. The highest BCUT2D eigenvalue weighted by atomic mass is 35.5. The SMILES string of the molecule is C=C(NCCC)c1c(-c2ccccc2)[nH]c2c(Cl)cc(Cl)cc12. The van der Waals surface area contributed by atoms with E-state index in [0.717, 1.165) is 46.4 Å². The highest BCUT2D eigenvalue weighted by Crippen LogP contribution is 2.38. The summed E-state index contributed by atoms with van der Waals surface area (Å²) < 4.78 is 0. The highest BCUT2D eigenvalue weighted by Gasteiger charge is 2.18. The maximum absolute atomic E-state index is 6.38. The van der Waals surface area contributed by atoms with Gasteiger partial charge in [0.1, 0.15) is 0 Å². The zero-order chi connectivity index (χ0) is 16.4. The smallest absolute Gasteiger partial charge is 0.0662 e. The molecule has 1 aromatic heterocycles. The topological polar surface area (TPSA) is 27.8 Å². The van der Waals surface area contributed by atoms with Gasteiger partial charge in [0, 0.05) is 28.2 Å². The molecule has 0 saturated heterocycles. The maximum Gasteiger partial charge on any atom is 0.0662 e. The first-order valence-electron chi connectivity index (χ1n) is 7.61. The van der Waals surface area contributed by atoms with Gasteiger partial charge in [-0.2, -0.15) is 0 Å². The predicted molar refractivity (Wildman–Crippen MR) is 101 cm³/mol. The van der Waals surface area contributed by atoms with E-state index in [1.54, 1.807) is 6.07 Å². The van der Waals surface area contributed by atoms with Gasteiger partial charge in [-0.15, -0.1) is 0 Å². The van der Waals surface area contributed by atoms with Gasteiger partial charge in [-0.1, -0.05) is 67.0 Å². The van der Waals surface area contributed by atoms with Crippen molar-refractivity contribution in [2.24, 2.45) is 0 Å². The predicted octanol–water partition coefficient (Wildman–Crippen LogP) is 6.11. The van der Waals surface area contributed by atoms with Crippen molar-refractivity contribution in [2.75, 3.05) is 6.54 Å². The van der Waals surface area contributed by atoms with Crippen LogP contribution < -0.4 is 5.32 Å². The van der Waals surface area contributed by atoms with Gasteiger partial charge in [0.15, 0.2) is 0 Å². The van der Waals surface area contributed by atoms with Crippen molar-refractivity contribution in [3.05, 3.63) is 64.7 Å². The molecule has 0 unspecified atom stereocenters. The van der Waals surface area contributed by atoms with Crippen molar-refractivity contribution in [3.8, 4) is 11.3 Å². The molecule has 2 N–H and O–H groups in total. The number of hydrogen-bond acceptors (Lipinski definition) is 1. The summed E-state index contributed by atoms with van der Waals surface area (Å²) in [4.78, 5) is 3.44. The Morgan fingerprint density at radius 3 is 2.61 bits per heavy atom. The van der Waals surface area contributed by atoms with Crippen LogP contribution >= 0.6 is 23.2 Å². The summed E-state index contributed by atoms with van der Waals surface area (Å²) in [6, 6.07) is 13.8. The van der Waals surface area contributed by atoms with Gasteiger partial charge in [0.05, 0.1) is 16.2 Å². The molecular weight excluding hydrogens is 327 g/mol. The number of benzene rings is 2. The van der Waals surface area contributed by atoms with Crippen LogP contribution in [0, 0.1) is 0 Å². The first-order valence-corrected chi connectivity index (χ1v) is 8.36. The summed E-state index contributed by atoms with van der Waals surface area (Å²) in [6.45, 7) is 7.21. The minimum atomic E-state index is 0.610. The Kier molecular flexibility index (Phi) is 4.65. The highest BCUT2D eigenvalue weighted by molar-refractivity contribution is 6.38. The van der Waals surface area contributed by atoms with Crippen LogP contribution in [0.2, 0.25) is 10.0 Å². The normalized spacial score (nSPS) is 10.9. The van der Waals surface area contributed by atoms with Crippen molar-refractivity contribution in [1.29, 1.82) is 0 Å². The molecule has 0 aliphatic heterocycles. The lowest BCUT2D eigenvalue weighted by Crippen LogP contribution is -2.12. The van der Waals surface area contributed by atoms with Crippen LogP contribution in [0.4, 0.5) is 0 Å². The van der Waals surface area contributed by atoms with E-state index in [-0.39, 0.29) is 0 Å². The van der Waals surface area contributed by atoms with E-state index in [1.807, 2.05) is 24.3 Å². The van der Waals surface area contributed by atoms with E-state index < -0.39 is 0 Å². The quantitative estimate of drug-likeness (QED) is 0.573. The van der Waals surface area contributed by atoms with Crippen LogP contribution in [0.5, 0.6) is 0 Å². The number of nitrogens with one attached hydrogen (secondary N) is 2. The largest absolute Gasteiger partial charge is 0.385 e. The van der Waals surface area contributed by atoms with Crippen molar-refractivity contribution >= 4 is 39.8 Å². The third kappa shape index (κ3) is 3.10. The van der Waals surface area contributed by atoms with Gasteiger partial charge in [0.2, 0.25) is 0 Å². The number of hydrogen-bond donors (Lipinski definition) is 2. The van der Waals surface area contributed by atoms with E-state index in [9.17, 15) is 0 Å². The lowest BCUT2D eigenvalue weighted by atomic mass is 10.0. The second-order valence-electron chi connectivity index (χ2n) is 5.46. The average Bonchev–Trinajstić information content (AvgIpc) is 2.93. The first kappa shape index (κ1) is 16.0. The molecule has 0 aliphatic rings. The maximum atomic E-state index is 6.38. The Hall–Kier alpha value is -1.90. The minimum Gasteiger partial charge on any atom is -0.385 e. The van der Waals surface area contributed by atoms with Gasteiger partial charge in [-0.05, 0) is 24.1 Å². The fourth-order valence-corrected chi connectivity index (χ4v) is 3.26. The third-order valence-electron chi connectivity index (χ3n) is 3.78. The molecule has 0 radical (unpaired) electrons. The molecule has 0 atom stereocenters. The fourth-order valence-electron chi connectivity index (χ4n) is 2.72. The molecular formula is C19H18Cl2N2. The second-order valence-corrected chi connectivity index (χ2v) is 6.30. The summed E-state index contributed by atoms with van der Waals surface area (Å²) in [5.74, 6) is 0. The lowest BCUT2D eigenvalue weighted by Gasteiger charge is -2.11. The van der Waals surface area contributed by atoms with Crippen LogP contribution in [0.3, 0.4) is 0 Å². The zero-order valence-corrected chi connectivity index (χ0v) is 14.4. The summed E-state index contributed by atoms with van der Waals surface area (Å²) in [5.41, 5.74) is 4.85. The molecule has 0 bridgehead atoms. The minimum absolute atomic E-state index is 0.610. The average molecular weight is 345 g/mol. The van der Waals surface area contributed by atoms with Crippen LogP contribution in [0.1, 0.15) is 18.9 Å². The van der Waals surface area contributed by atoms with E-state index in [1.165, 1.54) is 0 Å². The molecule has 0 amide bonds. The first-order chi connectivity index (χ1) is 11.1. The summed E-state index contributed by atoms with van der Waals surface area (Å²) in [5, 5.41) is 5.58. The van der Waals surface area contributed by atoms with Gasteiger partial charge in [0.25, 0.3) is 0 Å². The number of halogens is 2. The summed E-state index contributed by atoms with van der Waals surface area (Å²) >= 11 is 12.6.